The minimum atomic E-state index is -3.40. The third-order valence-corrected chi connectivity index (χ3v) is 8.24. The molecule has 1 saturated heterocycles. The van der Waals surface area contributed by atoms with E-state index in [1.165, 1.54) is 15.6 Å². The fourth-order valence-corrected chi connectivity index (χ4v) is 5.84. The number of hydrogen-bond acceptors (Lipinski definition) is 8. The molecule has 1 aliphatic heterocycles. The Bertz CT molecular complexity index is 885. The van der Waals surface area contributed by atoms with Crippen LogP contribution in [0.5, 0.6) is 0 Å². The summed E-state index contributed by atoms with van der Waals surface area (Å²) in [5, 5.41) is 5.77. The second-order valence-corrected chi connectivity index (χ2v) is 9.90. The van der Waals surface area contributed by atoms with Gasteiger partial charge in [-0.3, -0.25) is 9.69 Å². The first-order valence-corrected chi connectivity index (χ1v) is 12.1. The average molecular weight is 442 g/mol. The minimum Gasteiger partial charge on any atom is -0.343 e. The lowest BCUT2D eigenvalue weighted by Gasteiger charge is -2.32. The first-order chi connectivity index (χ1) is 13.9. The lowest BCUT2D eigenvalue weighted by atomic mass is 10.2. The monoisotopic (exact) mass is 441 g/mol. The van der Waals surface area contributed by atoms with E-state index in [2.05, 4.69) is 15.0 Å². The smallest absolute Gasteiger partial charge is 0.252 e. The van der Waals surface area contributed by atoms with Crippen LogP contribution in [-0.2, 0) is 27.8 Å². The molecule has 0 radical (unpaired) electrons. The van der Waals surface area contributed by atoms with E-state index in [1.807, 2.05) is 13.8 Å². The SMILES string of the molecule is CCN(CC)C(=O)CCc1nc(CN2CCN(S(=O)(=O)c3cccs3)CC2)no1. The first kappa shape index (κ1) is 21.9. The summed E-state index contributed by atoms with van der Waals surface area (Å²) in [6.45, 7) is 7.88. The highest BCUT2D eigenvalue weighted by Gasteiger charge is 2.29. The molecule has 0 N–H and O–H groups in total. The van der Waals surface area contributed by atoms with E-state index in [4.69, 9.17) is 4.52 Å². The van der Waals surface area contributed by atoms with Crippen molar-refractivity contribution in [1.29, 1.82) is 0 Å². The maximum atomic E-state index is 12.6. The first-order valence-electron chi connectivity index (χ1n) is 9.79. The van der Waals surface area contributed by atoms with Crippen LogP contribution in [0.4, 0.5) is 0 Å². The normalized spacial score (nSPS) is 16.2. The number of sulfonamides is 1. The lowest BCUT2D eigenvalue weighted by molar-refractivity contribution is -0.130. The van der Waals surface area contributed by atoms with Crippen LogP contribution in [0.25, 0.3) is 0 Å². The molecule has 29 heavy (non-hydrogen) atoms. The average Bonchev–Trinajstić information content (AvgIpc) is 3.40. The van der Waals surface area contributed by atoms with Crippen molar-refractivity contribution in [3.05, 3.63) is 29.2 Å². The molecule has 3 rings (SSSR count). The number of carbonyl (C=O) groups is 1. The number of hydrogen-bond donors (Lipinski definition) is 0. The third-order valence-electron chi connectivity index (χ3n) is 4.96. The van der Waals surface area contributed by atoms with Crippen molar-refractivity contribution in [2.24, 2.45) is 0 Å². The third kappa shape index (κ3) is 5.41. The quantitative estimate of drug-likeness (QED) is 0.580. The van der Waals surface area contributed by atoms with Crippen molar-refractivity contribution < 1.29 is 17.7 Å². The van der Waals surface area contributed by atoms with Crippen LogP contribution >= 0.6 is 11.3 Å². The second-order valence-electron chi connectivity index (χ2n) is 6.78. The van der Waals surface area contributed by atoms with Gasteiger partial charge in [0.2, 0.25) is 11.8 Å². The molecule has 3 heterocycles. The number of aromatic nitrogens is 2. The molecule has 0 aliphatic carbocycles. The van der Waals surface area contributed by atoms with E-state index in [0.717, 1.165) is 0 Å². The Morgan fingerprint density at radius 1 is 1.24 bits per heavy atom. The summed E-state index contributed by atoms with van der Waals surface area (Å²) in [5.41, 5.74) is 0. The number of nitrogens with zero attached hydrogens (tertiary/aromatic N) is 5. The van der Waals surface area contributed by atoms with Crippen molar-refractivity contribution in [2.75, 3.05) is 39.3 Å². The Labute approximate surface area is 175 Å². The summed E-state index contributed by atoms with van der Waals surface area (Å²) >= 11 is 1.24. The minimum absolute atomic E-state index is 0.0813. The Morgan fingerprint density at radius 3 is 2.59 bits per heavy atom. The summed E-state index contributed by atoms with van der Waals surface area (Å²) in [7, 11) is -3.40. The molecule has 0 spiro atoms. The molecule has 2 aromatic heterocycles. The van der Waals surface area contributed by atoms with Gasteiger partial charge < -0.3 is 9.42 Å². The van der Waals surface area contributed by atoms with Gasteiger partial charge in [0.25, 0.3) is 10.0 Å². The molecule has 11 heteroatoms. The van der Waals surface area contributed by atoms with Crippen molar-refractivity contribution in [3.63, 3.8) is 0 Å². The van der Waals surface area contributed by atoms with Crippen LogP contribution in [0.3, 0.4) is 0 Å². The van der Waals surface area contributed by atoms with Crippen LogP contribution in [0.15, 0.2) is 26.2 Å². The number of rotatable bonds is 9. The summed E-state index contributed by atoms with van der Waals surface area (Å²) in [6, 6.07) is 3.38. The largest absolute Gasteiger partial charge is 0.343 e. The van der Waals surface area contributed by atoms with Crippen molar-refractivity contribution >= 4 is 27.3 Å². The number of thiophene rings is 1. The summed E-state index contributed by atoms with van der Waals surface area (Å²) in [4.78, 5) is 20.3. The van der Waals surface area contributed by atoms with Gasteiger partial charge in [-0.2, -0.15) is 9.29 Å². The molecule has 2 aromatic rings. The Balaban J connectivity index is 1.47. The number of amides is 1. The zero-order chi connectivity index (χ0) is 20.9. The summed E-state index contributed by atoms with van der Waals surface area (Å²) in [5.74, 6) is 1.10. The zero-order valence-electron chi connectivity index (χ0n) is 16.8. The number of aryl methyl sites for hydroxylation is 1. The fourth-order valence-electron chi connectivity index (χ4n) is 3.27. The van der Waals surface area contributed by atoms with Crippen LogP contribution in [0, 0.1) is 0 Å². The Morgan fingerprint density at radius 2 is 1.97 bits per heavy atom. The molecular weight excluding hydrogens is 414 g/mol. The molecule has 0 aromatic carbocycles. The standard InChI is InChI=1S/C18H27N5O4S2/c1-3-22(4-2)17(24)8-7-16-19-15(20-27-16)14-21-9-11-23(12-10-21)29(25,26)18-6-5-13-28-18/h5-6,13H,3-4,7-12,14H2,1-2H3. The van der Waals surface area contributed by atoms with Gasteiger partial charge in [-0.25, -0.2) is 8.42 Å². The highest BCUT2D eigenvalue weighted by molar-refractivity contribution is 7.91. The Hall–Kier alpha value is -1.82. The predicted octanol–water partition coefficient (Wildman–Crippen LogP) is 1.44. The summed E-state index contributed by atoms with van der Waals surface area (Å²) < 4.78 is 32.3. The van der Waals surface area contributed by atoms with Gasteiger partial charge in [0.1, 0.15) is 4.21 Å². The predicted molar refractivity (Wildman–Crippen MR) is 109 cm³/mol. The molecule has 0 unspecified atom stereocenters. The molecule has 9 nitrogen and oxygen atoms in total. The van der Waals surface area contributed by atoms with Crippen molar-refractivity contribution in [1.82, 2.24) is 24.2 Å². The molecule has 1 fully saturated rings. The molecule has 1 amide bonds. The van der Waals surface area contributed by atoms with Crippen LogP contribution < -0.4 is 0 Å². The van der Waals surface area contributed by atoms with Gasteiger partial charge in [0.05, 0.1) is 6.54 Å². The number of carbonyl (C=O) groups excluding carboxylic acids is 1. The molecular formula is C18H27N5O4S2. The lowest BCUT2D eigenvalue weighted by Crippen LogP contribution is -2.48. The molecule has 1 aliphatic rings. The van der Waals surface area contributed by atoms with Gasteiger partial charge in [-0.05, 0) is 25.3 Å². The second kappa shape index (κ2) is 9.79. The van der Waals surface area contributed by atoms with Gasteiger partial charge in [-0.15, -0.1) is 11.3 Å². The van der Waals surface area contributed by atoms with Crippen molar-refractivity contribution in [3.8, 4) is 0 Å². The topological polar surface area (TPSA) is 99.9 Å². The van der Waals surface area contributed by atoms with Crippen LogP contribution in [0.1, 0.15) is 32.0 Å². The van der Waals surface area contributed by atoms with E-state index in [0.29, 0.717) is 74.6 Å². The Kier molecular flexibility index (Phi) is 7.38. The summed E-state index contributed by atoms with van der Waals surface area (Å²) in [6.07, 6.45) is 0.776. The molecule has 160 valence electrons. The van der Waals surface area contributed by atoms with E-state index in [9.17, 15) is 13.2 Å². The van der Waals surface area contributed by atoms with E-state index < -0.39 is 10.0 Å². The van der Waals surface area contributed by atoms with Gasteiger partial charge in [0.15, 0.2) is 5.82 Å². The van der Waals surface area contributed by atoms with Crippen molar-refractivity contribution in [2.45, 2.75) is 37.4 Å². The highest BCUT2D eigenvalue weighted by Crippen LogP contribution is 2.22. The maximum Gasteiger partial charge on any atom is 0.252 e. The van der Waals surface area contributed by atoms with Gasteiger partial charge >= 0.3 is 0 Å². The highest BCUT2D eigenvalue weighted by atomic mass is 32.2. The zero-order valence-corrected chi connectivity index (χ0v) is 18.4. The number of piperazine rings is 1. The molecule has 0 bridgehead atoms. The van der Waals surface area contributed by atoms with Crippen LogP contribution in [-0.4, -0.2) is 77.8 Å². The van der Waals surface area contributed by atoms with Crippen LogP contribution in [0.2, 0.25) is 0 Å². The molecule has 0 atom stereocenters. The fraction of sp³-hybridized carbons (Fsp3) is 0.611. The van der Waals surface area contributed by atoms with Gasteiger partial charge in [-0.1, -0.05) is 11.2 Å². The van der Waals surface area contributed by atoms with E-state index in [1.54, 1.807) is 22.4 Å². The maximum absolute atomic E-state index is 12.6. The van der Waals surface area contributed by atoms with E-state index >= 15 is 0 Å². The van der Waals surface area contributed by atoms with E-state index in [-0.39, 0.29) is 5.91 Å². The van der Waals surface area contributed by atoms with Gasteiger partial charge in [0, 0.05) is 52.1 Å². The molecule has 0 saturated carbocycles.